The topological polar surface area (TPSA) is 100 Å². The van der Waals surface area contributed by atoms with Crippen molar-refractivity contribution in [3.8, 4) is 0 Å². The van der Waals surface area contributed by atoms with Gasteiger partial charge in [0, 0.05) is 23.5 Å². The number of carbonyl (C=O) groups excluding carboxylic acids is 3. The lowest BCUT2D eigenvalue weighted by molar-refractivity contribution is -0.141. The van der Waals surface area contributed by atoms with Gasteiger partial charge in [-0.3, -0.25) is 14.4 Å². The molecule has 0 aliphatic rings. The minimum absolute atomic E-state index is 0.249. The van der Waals surface area contributed by atoms with Crippen LogP contribution in [0.3, 0.4) is 0 Å². The number of nitrogens with one attached hydrogen (secondary N) is 3. The molecule has 3 aromatic carbocycles. The Hall–Kier alpha value is -4.39. The summed E-state index contributed by atoms with van der Waals surface area (Å²) in [5, 5.41) is 6.49. The lowest BCUT2D eigenvalue weighted by atomic mass is 9.90. The predicted octanol–water partition coefficient (Wildman–Crippen LogP) is 3.32. The molecule has 178 valence electrons. The first-order chi connectivity index (χ1) is 17.1. The summed E-state index contributed by atoms with van der Waals surface area (Å²) in [6, 6.07) is 25.7. The van der Waals surface area contributed by atoms with E-state index in [1.54, 1.807) is 0 Å². The van der Waals surface area contributed by atoms with Crippen molar-refractivity contribution < 1.29 is 19.1 Å². The highest BCUT2D eigenvalue weighted by molar-refractivity contribution is 5.94. The molecular weight excluding hydrogens is 442 g/mol. The van der Waals surface area contributed by atoms with Gasteiger partial charge in [0.2, 0.25) is 11.8 Å². The number of esters is 1. The summed E-state index contributed by atoms with van der Waals surface area (Å²) in [5.74, 6) is -1.94. The molecule has 35 heavy (non-hydrogen) atoms. The number of H-pyrrole nitrogens is 1. The third-order valence-electron chi connectivity index (χ3n) is 5.89. The number of ether oxygens (including phenoxy) is 1. The zero-order valence-corrected chi connectivity index (χ0v) is 19.4. The molecule has 0 aliphatic carbocycles. The van der Waals surface area contributed by atoms with Gasteiger partial charge in [0.15, 0.2) is 0 Å². The van der Waals surface area contributed by atoms with Gasteiger partial charge in [-0.05, 0) is 22.8 Å². The van der Waals surface area contributed by atoms with Crippen LogP contribution in [-0.4, -0.2) is 42.5 Å². The number of methoxy groups -OCH3 is 1. The highest BCUT2D eigenvalue weighted by atomic mass is 16.5. The molecule has 0 unspecified atom stereocenters. The number of hydrogen-bond acceptors (Lipinski definition) is 4. The van der Waals surface area contributed by atoms with Crippen molar-refractivity contribution >= 4 is 28.7 Å². The van der Waals surface area contributed by atoms with Crippen molar-refractivity contribution in [1.29, 1.82) is 0 Å². The molecule has 0 fully saturated rings. The Morgan fingerprint density at radius 2 is 1.43 bits per heavy atom. The molecule has 7 heteroatoms. The third kappa shape index (κ3) is 5.76. The quantitative estimate of drug-likeness (QED) is 0.328. The average Bonchev–Trinajstić information content (AvgIpc) is 3.31. The van der Waals surface area contributed by atoms with E-state index in [0.717, 1.165) is 27.6 Å². The largest absolute Gasteiger partial charge is 0.468 e. The molecule has 1 atom stereocenters. The Kier molecular flexibility index (Phi) is 7.57. The highest BCUT2D eigenvalue weighted by Crippen LogP contribution is 2.25. The highest BCUT2D eigenvalue weighted by Gasteiger charge is 2.29. The smallest absolute Gasteiger partial charge is 0.325 e. The number of amides is 2. The molecule has 0 spiro atoms. The van der Waals surface area contributed by atoms with Crippen molar-refractivity contribution in [2.24, 2.45) is 0 Å². The number of benzene rings is 3. The van der Waals surface area contributed by atoms with Crippen LogP contribution in [0.4, 0.5) is 0 Å². The first-order valence-corrected chi connectivity index (χ1v) is 11.4. The molecule has 0 saturated heterocycles. The molecule has 4 aromatic rings. The van der Waals surface area contributed by atoms with Gasteiger partial charge < -0.3 is 20.4 Å². The maximum atomic E-state index is 13.7. The van der Waals surface area contributed by atoms with Crippen molar-refractivity contribution in [3.05, 3.63) is 108 Å². The van der Waals surface area contributed by atoms with Gasteiger partial charge in [-0.15, -0.1) is 0 Å². The fraction of sp³-hybridized carbons (Fsp3) is 0.179. The second kappa shape index (κ2) is 11.2. The molecule has 1 aromatic heterocycles. The predicted molar refractivity (Wildman–Crippen MR) is 134 cm³/mol. The van der Waals surface area contributed by atoms with E-state index in [1.807, 2.05) is 91.1 Å². The van der Waals surface area contributed by atoms with Crippen molar-refractivity contribution in [2.45, 2.75) is 18.4 Å². The summed E-state index contributed by atoms with van der Waals surface area (Å²) in [6.45, 7) is -0.281. The van der Waals surface area contributed by atoms with Gasteiger partial charge in [-0.1, -0.05) is 78.9 Å². The van der Waals surface area contributed by atoms with E-state index in [0.29, 0.717) is 0 Å². The summed E-state index contributed by atoms with van der Waals surface area (Å²) in [6.07, 6.45) is 2.09. The van der Waals surface area contributed by atoms with Crippen LogP contribution in [0.25, 0.3) is 10.9 Å². The molecule has 7 nitrogen and oxygen atoms in total. The number of aromatic amines is 1. The molecule has 4 rings (SSSR count). The van der Waals surface area contributed by atoms with Gasteiger partial charge in [0.1, 0.15) is 12.6 Å². The Morgan fingerprint density at radius 1 is 0.829 bits per heavy atom. The van der Waals surface area contributed by atoms with Gasteiger partial charge in [0.05, 0.1) is 13.0 Å². The molecule has 0 saturated carbocycles. The van der Waals surface area contributed by atoms with Crippen LogP contribution in [0.15, 0.2) is 91.1 Å². The fourth-order valence-electron chi connectivity index (χ4n) is 4.13. The van der Waals surface area contributed by atoms with Crippen LogP contribution in [0.5, 0.6) is 0 Å². The standard InChI is InChI=1S/C28H27N3O4/c1-35-25(32)18-30-27(33)24(16-21-17-29-23-15-9-8-14-22(21)23)31-28(34)26(19-10-4-2-5-11-19)20-12-6-3-7-13-20/h2-15,17,24,26,29H,16,18H2,1H3,(H,30,33)(H,31,34)/t24-/m1/s1. The molecule has 3 N–H and O–H groups in total. The lowest BCUT2D eigenvalue weighted by Gasteiger charge is -2.23. The third-order valence-corrected chi connectivity index (χ3v) is 5.89. The first kappa shape index (κ1) is 23.8. The van der Waals surface area contributed by atoms with E-state index in [-0.39, 0.29) is 18.9 Å². The van der Waals surface area contributed by atoms with E-state index in [4.69, 9.17) is 0 Å². The van der Waals surface area contributed by atoms with E-state index in [2.05, 4.69) is 20.4 Å². The van der Waals surface area contributed by atoms with E-state index >= 15 is 0 Å². The molecule has 2 amide bonds. The summed E-state index contributed by atoms with van der Waals surface area (Å²) in [5.41, 5.74) is 3.46. The van der Waals surface area contributed by atoms with Crippen LogP contribution >= 0.6 is 0 Å². The maximum absolute atomic E-state index is 13.7. The Bertz CT molecular complexity index is 1260. The lowest BCUT2D eigenvalue weighted by Crippen LogP contribution is -2.50. The Balaban J connectivity index is 1.63. The monoisotopic (exact) mass is 469 g/mol. The van der Waals surface area contributed by atoms with Crippen LogP contribution in [0.2, 0.25) is 0 Å². The first-order valence-electron chi connectivity index (χ1n) is 11.4. The second-order valence-corrected chi connectivity index (χ2v) is 8.17. The molecule has 1 heterocycles. The minimum atomic E-state index is -0.902. The van der Waals surface area contributed by atoms with Crippen molar-refractivity contribution in [1.82, 2.24) is 15.6 Å². The summed E-state index contributed by atoms with van der Waals surface area (Å²) in [7, 11) is 1.25. The van der Waals surface area contributed by atoms with Crippen molar-refractivity contribution in [2.75, 3.05) is 13.7 Å². The normalized spacial score (nSPS) is 11.7. The molecule has 0 bridgehead atoms. The number of para-hydroxylation sites is 1. The zero-order chi connectivity index (χ0) is 24.6. The van der Waals surface area contributed by atoms with Gasteiger partial charge in [-0.2, -0.15) is 0 Å². The number of rotatable bonds is 9. The summed E-state index contributed by atoms with van der Waals surface area (Å²) < 4.78 is 4.63. The average molecular weight is 470 g/mol. The molecule has 0 radical (unpaired) electrons. The number of fused-ring (bicyclic) bond motifs is 1. The van der Waals surface area contributed by atoms with Crippen LogP contribution < -0.4 is 10.6 Å². The van der Waals surface area contributed by atoms with Gasteiger partial charge >= 0.3 is 5.97 Å². The minimum Gasteiger partial charge on any atom is -0.468 e. The molecular formula is C28H27N3O4. The number of carbonyl (C=O) groups is 3. The Morgan fingerprint density at radius 3 is 2.06 bits per heavy atom. The maximum Gasteiger partial charge on any atom is 0.325 e. The Labute approximate surface area is 203 Å². The summed E-state index contributed by atoms with van der Waals surface area (Å²) in [4.78, 5) is 41.6. The van der Waals surface area contributed by atoms with Crippen LogP contribution in [-0.2, 0) is 25.5 Å². The van der Waals surface area contributed by atoms with E-state index < -0.39 is 23.8 Å². The van der Waals surface area contributed by atoms with Gasteiger partial charge in [-0.25, -0.2) is 0 Å². The number of hydrogen-bond donors (Lipinski definition) is 3. The summed E-state index contributed by atoms with van der Waals surface area (Å²) >= 11 is 0. The van der Waals surface area contributed by atoms with Gasteiger partial charge in [0.25, 0.3) is 0 Å². The molecule has 0 aliphatic heterocycles. The SMILES string of the molecule is COC(=O)CNC(=O)[C@@H](Cc1c[nH]c2ccccc12)NC(=O)C(c1ccccc1)c1ccccc1. The second-order valence-electron chi connectivity index (χ2n) is 8.17. The van der Waals surface area contributed by atoms with Crippen LogP contribution in [0.1, 0.15) is 22.6 Å². The van der Waals surface area contributed by atoms with Crippen molar-refractivity contribution in [3.63, 3.8) is 0 Å². The fourth-order valence-corrected chi connectivity index (χ4v) is 4.13. The number of aromatic nitrogens is 1. The van der Waals surface area contributed by atoms with Crippen LogP contribution in [0, 0.1) is 0 Å². The van der Waals surface area contributed by atoms with E-state index in [1.165, 1.54) is 7.11 Å². The van der Waals surface area contributed by atoms with E-state index in [9.17, 15) is 14.4 Å². The zero-order valence-electron chi connectivity index (χ0n) is 19.4.